The van der Waals surface area contributed by atoms with Crippen molar-refractivity contribution in [3.63, 3.8) is 0 Å². The average Bonchev–Trinajstić information content (AvgIpc) is 2.35. The van der Waals surface area contributed by atoms with Gasteiger partial charge in [0.25, 0.3) is 0 Å². The van der Waals surface area contributed by atoms with Gasteiger partial charge in [0.05, 0.1) is 12.1 Å². The Bertz CT molecular complexity index is 537. The van der Waals surface area contributed by atoms with Gasteiger partial charge in [-0.05, 0) is 24.3 Å². The molecule has 0 unspecified atom stereocenters. The van der Waals surface area contributed by atoms with Crippen LogP contribution >= 0.6 is 11.2 Å². The summed E-state index contributed by atoms with van der Waals surface area (Å²) in [5, 5.41) is 4.21. The molecule has 0 aliphatic carbocycles. The van der Waals surface area contributed by atoms with Crippen LogP contribution in [0.25, 0.3) is 10.9 Å². The van der Waals surface area contributed by atoms with Gasteiger partial charge >= 0.3 is 0 Å². The van der Waals surface area contributed by atoms with Crippen molar-refractivity contribution < 1.29 is 4.74 Å². The van der Waals surface area contributed by atoms with Crippen LogP contribution in [0.2, 0.25) is 0 Å². The van der Waals surface area contributed by atoms with E-state index in [1.165, 1.54) is 0 Å². The molecule has 0 atom stereocenters. The van der Waals surface area contributed by atoms with E-state index in [2.05, 4.69) is 10.2 Å². The summed E-state index contributed by atoms with van der Waals surface area (Å²) in [6.07, 6.45) is 4.63. The Kier molecular flexibility index (Phi) is 3.76. The molecule has 0 aliphatic rings. The second-order valence-corrected chi connectivity index (χ2v) is 3.97. The Morgan fingerprint density at radius 2 is 2.25 bits per heavy atom. The number of aromatic nitrogens is 1. The minimum Gasteiger partial charge on any atom is -0.492 e. The number of hydrogen-bond acceptors (Lipinski definition) is 2. The van der Waals surface area contributed by atoms with Crippen molar-refractivity contribution in [1.82, 2.24) is 4.98 Å². The van der Waals surface area contributed by atoms with Crippen molar-refractivity contribution in [3.8, 4) is 10.9 Å². The average molecular weight is 231 g/mol. The van der Waals surface area contributed by atoms with Crippen LogP contribution in [0, 0.1) is 5.18 Å². The van der Waals surface area contributed by atoms with Gasteiger partial charge in [0, 0.05) is 24.3 Å². The van der Waals surface area contributed by atoms with E-state index in [-0.39, 0.29) is 0 Å². The molecule has 0 amide bonds. The molecule has 0 radical (unpaired) electrons. The zero-order valence-corrected chi connectivity index (χ0v) is 9.96. The van der Waals surface area contributed by atoms with Crippen LogP contribution in [0.4, 0.5) is 0 Å². The Morgan fingerprint density at radius 1 is 1.31 bits per heavy atom. The normalized spacial score (nSPS) is 9.81. The maximum atomic E-state index is 5.71. The minimum absolute atomic E-state index is 0.662. The van der Waals surface area contributed by atoms with E-state index in [9.17, 15) is 0 Å². The Balaban J connectivity index is 2.19. The Morgan fingerprint density at radius 3 is 3.12 bits per heavy atom. The zero-order valence-electron chi connectivity index (χ0n) is 9.14. The summed E-state index contributed by atoms with van der Waals surface area (Å²) in [5.74, 6) is 0.897. The molecule has 1 aromatic carbocycles. The molecule has 0 spiro atoms. The summed E-state index contributed by atoms with van der Waals surface area (Å²) < 4.78 is 5.71. The molecule has 2 nitrogen and oxygen atoms in total. The number of benzene rings is 1. The van der Waals surface area contributed by atoms with Gasteiger partial charge in [-0.1, -0.05) is 11.3 Å². The molecule has 2 rings (SSSR count). The summed E-state index contributed by atoms with van der Waals surface area (Å²) in [6, 6.07) is 9.88. The first-order valence-corrected chi connectivity index (χ1v) is 6.36. The number of pyridine rings is 1. The van der Waals surface area contributed by atoms with Crippen LogP contribution < -0.4 is 4.74 Å². The number of nitrogens with zero attached hydrogens (tertiary/aromatic N) is 1. The topological polar surface area (TPSA) is 22.1 Å². The first kappa shape index (κ1) is 10.9. The van der Waals surface area contributed by atoms with Crippen LogP contribution in [0.15, 0.2) is 36.5 Å². The predicted molar refractivity (Wildman–Crippen MR) is 69.3 cm³/mol. The van der Waals surface area contributed by atoms with Crippen molar-refractivity contribution in [2.75, 3.05) is 12.9 Å². The molecular weight excluding hydrogens is 218 g/mol. The minimum atomic E-state index is 0.662. The van der Waals surface area contributed by atoms with E-state index in [0.29, 0.717) is 6.61 Å². The lowest BCUT2D eigenvalue weighted by Crippen LogP contribution is -1.96. The van der Waals surface area contributed by atoms with Crippen molar-refractivity contribution in [2.45, 2.75) is 6.42 Å². The number of ether oxygens (including phenoxy) is 1. The monoisotopic (exact) mass is 231 g/mol. The standard InChI is InChI=1S/C13H13NOS/c1-16-10-4-9-15-13-7-2-6-12-11(13)5-3-8-14-12/h2-3,5-8H,4,9H2,1H3. The summed E-state index contributed by atoms with van der Waals surface area (Å²) >= 11 is 1.60. The highest BCUT2D eigenvalue weighted by Gasteiger charge is 2.00. The zero-order chi connectivity index (χ0) is 11.2. The molecule has 0 fully saturated rings. The van der Waals surface area contributed by atoms with Crippen molar-refractivity contribution in [2.24, 2.45) is 0 Å². The van der Waals surface area contributed by atoms with E-state index in [0.717, 1.165) is 23.1 Å². The summed E-state index contributed by atoms with van der Waals surface area (Å²) in [4.78, 5) is 4.29. The first-order chi connectivity index (χ1) is 7.92. The van der Waals surface area contributed by atoms with Gasteiger partial charge < -0.3 is 4.74 Å². The maximum absolute atomic E-state index is 5.71. The highest BCUT2D eigenvalue weighted by atomic mass is 32.1. The lowest BCUT2D eigenvalue weighted by molar-refractivity contribution is 0.331. The molecule has 0 saturated heterocycles. The Hall–Kier alpha value is -1.57. The molecule has 3 heteroatoms. The third-order valence-corrected chi connectivity index (χ3v) is 2.70. The third kappa shape index (κ3) is 2.51. The van der Waals surface area contributed by atoms with Crippen molar-refractivity contribution in [1.29, 1.82) is 0 Å². The smallest absolute Gasteiger partial charge is 0.128 e. The quantitative estimate of drug-likeness (QED) is 0.756. The second kappa shape index (κ2) is 5.50. The van der Waals surface area contributed by atoms with Gasteiger partial charge in [-0.15, -0.1) is 11.2 Å². The highest BCUT2D eigenvalue weighted by Crippen LogP contribution is 2.23. The molecule has 1 heterocycles. The summed E-state index contributed by atoms with van der Waals surface area (Å²) in [7, 11) is 0. The van der Waals surface area contributed by atoms with Gasteiger partial charge in [-0.3, -0.25) is 4.98 Å². The molecule has 0 bridgehead atoms. The summed E-state index contributed by atoms with van der Waals surface area (Å²) in [5.41, 5.74) is 0.970. The van der Waals surface area contributed by atoms with E-state index >= 15 is 0 Å². The highest BCUT2D eigenvalue weighted by molar-refractivity contribution is 7.87. The third-order valence-electron chi connectivity index (χ3n) is 2.21. The van der Waals surface area contributed by atoms with Gasteiger partial charge in [-0.2, -0.15) is 0 Å². The lowest BCUT2D eigenvalue weighted by Gasteiger charge is -2.06. The van der Waals surface area contributed by atoms with Crippen LogP contribution in [0.3, 0.4) is 0 Å². The molecule has 0 saturated carbocycles. The molecule has 82 valence electrons. The summed E-state index contributed by atoms with van der Waals surface area (Å²) in [6.45, 7) is 0.662. The van der Waals surface area contributed by atoms with Crippen molar-refractivity contribution in [3.05, 3.63) is 36.5 Å². The Labute approximate surface area is 98.9 Å². The van der Waals surface area contributed by atoms with Crippen LogP contribution in [-0.4, -0.2) is 17.8 Å². The predicted octanol–water partition coefficient (Wildman–Crippen LogP) is 3.33. The van der Waals surface area contributed by atoms with Crippen LogP contribution in [0.1, 0.15) is 6.42 Å². The fourth-order valence-electron chi connectivity index (χ4n) is 1.51. The molecule has 16 heavy (non-hydrogen) atoms. The second-order valence-electron chi connectivity index (χ2n) is 3.27. The molecule has 0 N–H and O–H groups in total. The largest absolute Gasteiger partial charge is 0.492 e. The van der Waals surface area contributed by atoms with Gasteiger partial charge in [0.1, 0.15) is 5.75 Å². The molecular formula is C13H13NOS. The maximum Gasteiger partial charge on any atom is 0.128 e. The van der Waals surface area contributed by atoms with Crippen molar-refractivity contribution >= 4 is 22.1 Å². The lowest BCUT2D eigenvalue weighted by atomic mass is 10.2. The van der Waals surface area contributed by atoms with E-state index < -0.39 is 0 Å². The van der Waals surface area contributed by atoms with Gasteiger partial charge in [-0.25, -0.2) is 0 Å². The molecule has 1 aromatic heterocycles. The number of hydrogen-bond donors (Lipinski definition) is 0. The fourth-order valence-corrected chi connectivity index (χ4v) is 1.79. The van der Waals surface area contributed by atoms with Crippen LogP contribution in [-0.2, 0) is 0 Å². The SMILES string of the molecule is CS#CCCOc1cccc2ncccc12. The van der Waals surface area contributed by atoms with Crippen LogP contribution in [0.5, 0.6) is 5.75 Å². The number of fused-ring (bicyclic) bond motifs is 1. The van der Waals surface area contributed by atoms with Gasteiger partial charge in [0.2, 0.25) is 0 Å². The first-order valence-electron chi connectivity index (χ1n) is 5.14. The molecule has 0 aliphatic heterocycles. The van der Waals surface area contributed by atoms with Gasteiger partial charge in [0.15, 0.2) is 0 Å². The fraction of sp³-hybridized carbons (Fsp3) is 0.231. The van der Waals surface area contributed by atoms with E-state index in [1.807, 2.05) is 36.6 Å². The van der Waals surface area contributed by atoms with E-state index in [1.54, 1.807) is 17.4 Å². The van der Waals surface area contributed by atoms with E-state index in [4.69, 9.17) is 4.74 Å². The number of rotatable bonds is 3. The molecule has 2 aromatic rings.